The van der Waals surface area contributed by atoms with E-state index >= 15 is 0 Å². The van der Waals surface area contributed by atoms with Crippen LogP contribution in [-0.4, -0.2) is 39.7 Å². The van der Waals surface area contributed by atoms with E-state index in [2.05, 4.69) is 45.5 Å². The summed E-state index contributed by atoms with van der Waals surface area (Å²) in [6, 6.07) is 18.0. The zero-order valence-corrected chi connectivity index (χ0v) is 20.0. The Kier molecular flexibility index (Phi) is 9.43. The number of unbranched alkanes of at least 4 members (excludes halogenated alkanes) is 3. The normalized spacial score (nSPS) is 16.6. The fraction of sp³-hybridized carbons (Fsp3) is 0.417. The summed E-state index contributed by atoms with van der Waals surface area (Å²) in [5.41, 5.74) is 2.32. The predicted molar refractivity (Wildman–Crippen MR) is 128 cm³/mol. The zero-order valence-electron chi connectivity index (χ0n) is 17.6. The second-order valence-electron chi connectivity index (χ2n) is 7.83. The van der Waals surface area contributed by atoms with Crippen molar-refractivity contribution in [3.63, 3.8) is 0 Å². The molecule has 1 N–H and O–H groups in total. The number of hydrogen-bond donors (Lipinski definition) is 1. The first-order valence-electron chi connectivity index (χ1n) is 10.7. The minimum atomic E-state index is -1.20. The van der Waals surface area contributed by atoms with Crippen molar-refractivity contribution in [2.75, 3.05) is 13.1 Å². The number of amides is 2. The Morgan fingerprint density at radius 3 is 2.45 bits per heavy atom. The molecule has 0 bridgehead atoms. The van der Waals surface area contributed by atoms with E-state index in [1.165, 1.54) is 10.5 Å². The smallest absolute Gasteiger partial charge is 0.239 e. The molecule has 1 fully saturated rings. The van der Waals surface area contributed by atoms with Crippen LogP contribution in [0, 0.1) is 0 Å². The third-order valence-electron chi connectivity index (χ3n) is 5.41. The monoisotopic (exact) mass is 504 g/mol. The molecule has 2 unspecified atom stereocenters. The summed E-state index contributed by atoms with van der Waals surface area (Å²) >= 11 is 2.24. The lowest BCUT2D eigenvalue weighted by molar-refractivity contribution is -0.145. The standard InChI is InChI=1S/C24H29BrN2O3S/c25-21-13-11-19(12-14-21)8-4-1-2-7-15-26-22(28)17-27-23(29)16-24(27)31(30)18-20-9-5-3-6-10-20/h3,5-6,9-14,24H,1-2,4,7-8,15-18H2,(H,26,28). The molecule has 1 aliphatic rings. The number of nitrogens with one attached hydrogen (secondary N) is 1. The molecule has 2 atom stereocenters. The number of β-lactam (4-membered cyclic amide) rings is 1. The number of likely N-dealkylation sites (tertiary alicyclic amines) is 1. The zero-order chi connectivity index (χ0) is 22.1. The van der Waals surface area contributed by atoms with Gasteiger partial charge in [0.1, 0.15) is 12.3 Å². The van der Waals surface area contributed by atoms with Crippen molar-refractivity contribution in [3.05, 3.63) is 70.2 Å². The molecule has 5 nitrogen and oxygen atoms in total. The molecule has 2 aromatic carbocycles. The van der Waals surface area contributed by atoms with Crippen molar-refractivity contribution in [1.29, 1.82) is 0 Å². The summed E-state index contributed by atoms with van der Waals surface area (Å²) in [5, 5.41) is 2.53. The molecule has 2 amide bonds. The van der Waals surface area contributed by atoms with Crippen LogP contribution < -0.4 is 5.32 Å². The highest BCUT2D eigenvalue weighted by Crippen LogP contribution is 2.26. The highest BCUT2D eigenvalue weighted by atomic mass is 79.9. The molecule has 7 heteroatoms. The molecule has 0 aromatic heterocycles. The molecule has 2 aromatic rings. The summed E-state index contributed by atoms with van der Waals surface area (Å²) in [6.07, 6.45) is 5.56. The van der Waals surface area contributed by atoms with Gasteiger partial charge in [0.15, 0.2) is 5.37 Å². The molecule has 1 saturated heterocycles. The van der Waals surface area contributed by atoms with E-state index in [9.17, 15) is 14.1 Å². The molecule has 1 heterocycles. The van der Waals surface area contributed by atoms with E-state index in [1.54, 1.807) is 0 Å². The van der Waals surface area contributed by atoms with Gasteiger partial charge in [-0.25, -0.2) is 0 Å². The fourth-order valence-electron chi connectivity index (χ4n) is 3.58. The maximum atomic E-state index is 12.6. The van der Waals surface area contributed by atoms with Crippen LogP contribution in [0.5, 0.6) is 0 Å². The highest BCUT2D eigenvalue weighted by molar-refractivity contribution is 9.10. The third kappa shape index (κ3) is 7.66. The lowest BCUT2D eigenvalue weighted by Gasteiger charge is -2.39. The number of carbonyl (C=O) groups excluding carboxylic acids is 2. The van der Waals surface area contributed by atoms with Crippen LogP contribution >= 0.6 is 15.9 Å². The van der Waals surface area contributed by atoms with E-state index in [0.29, 0.717) is 12.3 Å². The maximum absolute atomic E-state index is 12.6. The quantitative estimate of drug-likeness (QED) is 0.267. The van der Waals surface area contributed by atoms with Gasteiger partial charge in [0.25, 0.3) is 0 Å². The number of nitrogens with zero attached hydrogens (tertiary/aromatic N) is 1. The number of rotatable bonds is 12. The number of halogens is 1. The van der Waals surface area contributed by atoms with Gasteiger partial charge in [-0.1, -0.05) is 71.2 Å². The predicted octanol–water partition coefficient (Wildman–Crippen LogP) is 4.18. The van der Waals surface area contributed by atoms with Crippen molar-refractivity contribution in [3.8, 4) is 0 Å². The van der Waals surface area contributed by atoms with Gasteiger partial charge in [-0.2, -0.15) is 0 Å². The number of hydrogen-bond acceptors (Lipinski definition) is 3. The fourth-order valence-corrected chi connectivity index (χ4v) is 5.36. The summed E-state index contributed by atoms with van der Waals surface area (Å²) in [5.74, 6) is 0.121. The van der Waals surface area contributed by atoms with Gasteiger partial charge in [0.05, 0.1) is 6.42 Å². The topological polar surface area (TPSA) is 72.5 Å². The summed E-state index contributed by atoms with van der Waals surface area (Å²) in [7, 11) is 0. The summed E-state index contributed by atoms with van der Waals surface area (Å²) < 4.78 is 13.7. The Balaban J connectivity index is 1.28. The van der Waals surface area contributed by atoms with Crippen LogP contribution in [0.1, 0.15) is 43.2 Å². The van der Waals surface area contributed by atoms with E-state index in [0.717, 1.165) is 42.1 Å². The average molecular weight is 505 g/mol. The second kappa shape index (κ2) is 12.3. The Morgan fingerprint density at radius 2 is 1.74 bits per heavy atom. The molecular weight excluding hydrogens is 476 g/mol. The van der Waals surface area contributed by atoms with Crippen molar-refractivity contribution in [2.24, 2.45) is 0 Å². The second-order valence-corrected chi connectivity index (χ2v) is 10.3. The van der Waals surface area contributed by atoms with Crippen LogP contribution in [0.25, 0.3) is 0 Å². The van der Waals surface area contributed by atoms with Crippen LogP contribution in [0.2, 0.25) is 0 Å². The minimum absolute atomic E-state index is 0.00635. The van der Waals surface area contributed by atoms with Gasteiger partial charge in [0.2, 0.25) is 11.8 Å². The van der Waals surface area contributed by atoms with Crippen molar-refractivity contribution in [1.82, 2.24) is 10.2 Å². The van der Waals surface area contributed by atoms with Crippen molar-refractivity contribution >= 4 is 38.9 Å². The van der Waals surface area contributed by atoms with Crippen LogP contribution in [-0.2, 0) is 32.9 Å². The first-order valence-corrected chi connectivity index (χ1v) is 12.9. The first-order chi connectivity index (χ1) is 15.0. The van der Waals surface area contributed by atoms with Crippen LogP contribution in [0.4, 0.5) is 0 Å². The first kappa shape index (κ1) is 23.8. The Bertz CT molecular complexity index is 848. The van der Waals surface area contributed by atoms with Crippen LogP contribution in [0.3, 0.4) is 0 Å². The summed E-state index contributed by atoms with van der Waals surface area (Å²) in [6.45, 7) is 0.602. The van der Waals surface area contributed by atoms with E-state index in [1.807, 2.05) is 30.3 Å². The van der Waals surface area contributed by atoms with Gasteiger partial charge >= 0.3 is 0 Å². The summed E-state index contributed by atoms with van der Waals surface area (Å²) in [4.78, 5) is 25.6. The van der Waals surface area contributed by atoms with Gasteiger partial charge in [-0.3, -0.25) is 14.5 Å². The lowest BCUT2D eigenvalue weighted by atomic mass is 10.1. The Hall–Kier alpha value is -1.83. The van der Waals surface area contributed by atoms with E-state index in [-0.39, 0.29) is 30.2 Å². The molecule has 0 aliphatic carbocycles. The van der Waals surface area contributed by atoms with Gasteiger partial charge < -0.3 is 9.87 Å². The molecule has 31 heavy (non-hydrogen) atoms. The van der Waals surface area contributed by atoms with Gasteiger partial charge in [-0.05, 0) is 48.1 Å². The Labute approximate surface area is 195 Å². The molecule has 0 spiro atoms. The molecule has 0 saturated carbocycles. The maximum Gasteiger partial charge on any atom is 0.239 e. The minimum Gasteiger partial charge on any atom is -0.614 e. The van der Waals surface area contributed by atoms with E-state index < -0.39 is 11.2 Å². The SMILES string of the molecule is O=C(CN1C(=O)CC1[S+]([O-])Cc1ccccc1)NCCCCCCc1ccc(Br)cc1. The average Bonchev–Trinajstić information content (AvgIpc) is 2.77. The lowest BCUT2D eigenvalue weighted by Crippen LogP contribution is -2.59. The highest BCUT2D eigenvalue weighted by Gasteiger charge is 2.45. The van der Waals surface area contributed by atoms with Crippen LogP contribution in [0.15, 0.2) is 59.1 Å². The molecule has 166 valence electrons. The number of carbonyl (C=O) groups is 2. The molecule has 0 radical (unpaired) electrons. The van der Waals surface area contributed by atoms with Gasteiger partial charge in [-0.15, -0.1) is 0 Å². The van der Waals surface area contributed by atoms with Crippen molar-refractivity contribution < 1.29 is 14.1 Å². The third-order valence-corrected chi connectivity index (χ3v) is 7.59. The van der Waals surface area contributed by atoms with Crippen molar-refractivity contribution in [2.45, 2.75) is 49.7 Å². The molecule has 3 rings (SSSR count). The molecular formula is C24H29BrN2O3S. The number of aryl methyl sites for hydroxylation is 1. The van der Waals surface area contributed by atoms with E-state index in [4.69, 9.17) is 0 Å². The molecule has 1 aliphatic heterocycles. The number of benzene rings is 2. The van der Waals surface area contributed by atoms with Gasteiger partial charge in [0, 0.05) is 16.6 Å². The Morgan fingerprint density at radius 1 is 1.03 bits per heavy atom. The largest absolute Gasteiger partial charge is 0.614 e.